The van der Waals surface area contributed by atoms with Crippen LogP contribution in [-0.4, -0.2) is 71.5 Å². The van der Waals surface area contributed by atoms with Crippen molar-refractivity contribution in [2.45, 2.75) is 25.7 Å². The van der Waals surface area contributed by atoms with E-state index in [1.54, 1.807) is 0 Å². The van der Waals surface area contributed by atoms with Crippen molar-refractivity contribution in [1.29, 1.82) is 0 Å². The highest BCUT2D eigenvalue weighted by Crippen LogP contribution is 2.60. The zero-order valence-corrected chi connectivity index (χ0v) is 11.6. The highest BCUT2D eigenvalue weighted by Gasteiger charge is 2.34. The Hall–Kier alpha value is 0.270. The smallest absolute Gasteiger partial charge is 0.0616 e. The SMILES string of the molecule is OCCC[P+](CCCO)(CCCO)CCCO. The van der Waals surface area contributed by atoms with E-state index in [0.717, 1.165) is 50.3 Å². The molecule has 0 unspecified atom stereocenters. The Kier molecular flexibility index (Phi) is 11.5. The Morgan fingerprint density at radius 3 is 0.882 bits per heavy atom. The summed E-state index contributed by atoms with van der Waals surface area (Å²) in [4.78, 5) is 0. The molecule has 4 N–H and O–H groups in total. The summed E-state index contributed by atoms with van der Waals surface area (Å²) in [5.74, 6) is 0. The Morgan fingerprint density at radius 2 is 0.706 bits per heavy atom. The second-order valence-corrected chi connectivity index (χ2v) is 9.02. The summed E-state index contributed by atoms with van der Waals surface area (Å²) in [6.45, 7) is 0.830. The highest BCUT2D eigenvalue weighted by atomic mass is 31.2. The van der Waals surface area contributed by atoms with Crippen molar-refractivity contribution >= 4 is 7.26 Å². The minimum atomic E-state index is -1.20. The number of aliphatic hydroxyl groups is 4. The largest absolute Gasteiger partial charge is 0.396 e. The molecule has 17 heavy (non-hydrogen) atoms. The quantitative estimate of drug-likeness (QED) is 0.389. The minimum absolute atomic E-state index is 0.207. The van der Waals surface area contributed by atoms with Gasteiger partial charge in [0.15, 0.2) is 0 Å². The third-order valence-corrected chi connectivity index (χ3v) is 8.22. The fourth-order valence-electron chi connectivity index (χ4n) is 2.30. The van der Waals surface area contributed by atoms with Crippen molar-refractivity contribution in [3.05, 3.63) is 0 Å². The fourth-order valence-corrected chi connectivity index (χ4v) is 6.89. The van der Waals surface area contributed by atoms with Crippen molar-refractivity contribution in [3.8, 4) is 0 Å². The molecule has 0 rings (SSSR count). The molecule has 0 saturated carbocycles. The molecular formula is C12H28O4P+. The molecule has 0 spiro atoms. The van der Waals surface area contributed by atoms with Crippen molar-refractivity contribution < 1.29 is 20.4 Å². The average Bonchev–Trinajstić information content (AvgIpc) is 2.37. The van der Waals surface area contributed by atoms with Gasteiger partial charge in [-0.2, -0.15) is 0 Å². The van der Waals surface area contributed by atoms with E-state index in [-0.39, 0.29) is 26.4 Å². The molecule has 0 radical (unpaired) electrons. The molecule has 0 aliphatic carbocycles. The van der Waals surface area contributed by atoms with E-state index < -0.39 is 7.26 Å². The van der Waals surface area contributed by atoms with E-state index in [9.17, 15) is 0 Å². The molecule has 0 atom stereocenters. The van der Waals surface area contributed by atoms with Crippen molar-refractivity contribution in [3.63, 3.8) is 0 Å². The molecule has 0 aromatic heterocycles. The lowest BCUT2D eigenvalue weighted by Crippen LogP contribution is -2.15. The molecule has 0 bridgehead atoms. The lowest BCUT2D eigenvalue weighted by Gasteiger charge is -2.27. The zero-order valence-electron chi connectivity index (χ0n) is 10.7. The van der Waals surface area contributed by atoms with Crippen molar-refractivity contribution in [1.82, 2.24) is 0 Å². The van der Waals surface area contributed by atoms with Gasteiger partial charge in [0, 0.05) is 59.4 Å². The Morgan fingerprint density at radius 1 is 0.471 bits per heavy atom. The summed E-state index contributed by atoms with van der Waals surface area (Å²) >= 11 is 0. The molecule has 0 fully saturated rings. The van der Waals surface area contributed by atoms with Crippen LogP contribution in [-0.2, 0) is 0 Å². The van der Waals surface area contributed by atoms with Crippen LogP contribution in [0.4, 0.5) is 0 Å². The van der Waals surface area contributed by atoms with Crippen LogP contribution >= 0.6 is 7.26 Å². The molecular weight excluding hydrogens is 239 g/mol. The fraction of sp³-hybridized carbons (Fsp3) is 1.00. The van der Waals surface area contributed by atoms with E-state index in [2.05, 4.69) is 0 Å². The number of hydrogen-bond acceptors (Lipinski definition) is 4. The van der Waals surface area contributed by atoms with Crippen molar-refractivity contribution in [2.75, 3.05) is 51.1 Å². The molecule has 0 aromatic rings. The van der Waals surface area contributed by atoms with Gasteiger partial charge >= 0.3 is 0 Å². The standard InChI is InChI=1S/C12H28O4P/c13-5-1-9-17(10-2-6-14,11-3-7-15)12-4-8-16/h13-16H,1-12H2/q+1. The van der Waals surface area contributed by atoms with Crippen LogP contribution in [0.2, 0.25) is 0 Å². The summed E-state index contributed by atoms with van der Waals surface area (Å²) in [5.41, 5.74) is 0. The van der Waals surface area contributed by atoms with Gasteiger partial charge in [0.25, 0.3) is 0 Å². The van der Waals surface area contributed by atoms with Crippen LogP contribution in [0.25, 0.3) is 0 Å². The van der Waals surface area contributed by atoms with Gasteiger partial charge in [-0.25, -0.2) is 0 Å². The normalized spacial score (nSPS) is 12.0. The predicted octanol–water partition coefficient (Wildman–Crippen LogP) is 0.534. The third kappa shape index (κ3) is 8.06. The first kappa shape index (κ1) is 17.3. The van der Waals surface area contributed by atoms with Gasteiger partial charge in [-0.3, -0.25) is 0 Å². The Balaban J connectivity index is 4.39. The zero-order chi connectivity index (χ0) is 13.0. The van der Waals surface area contributed by atoms with Crippen LogP contribution in [0.3, 0.4) is 0 Å². The second kappa shape index (κ2) is 11.4. The molecule has 0 heterocycles. The van der Waals surface area contributed by atoms with Gasteiger partial charge in [0.1, 0.15) is 0 Å². The molecule has 0 aliphatic rings. The lowest BCUT2D eigenvalue weighted by molar-refractivity contribution is 0.290. The second-order valence-electron chi connectivity index (χ2n) is 4.54. The van der Waals surface area contributed by atoms with Gasteiger partial charge in [0.2, 0.25) is 0 Å². The minimum Gasteiger partial charge on any atom is -0.396 e. The van der Waals surface area contributed by atoms with Gasteiger partial charge in [0.05, 0.1) is 24.6 Å². The van der Waals surface area contributed by atoms with Gasteiger partial charge in [-0.05, 0) is 0 Å². The highest BCUT2D eigenvalue weighted by molar-refractivity contribution is 7.75. The predicted molar refractivity (Wildman–Crippen MR) is 73.2 cm³/mol. The first-order valence-electron chi connectivity index (χ1n) is 6.53. The van der Waals surface area contributed by atoms with Crippen LogP contribution < -0.4 is 0 Å². The van der Waals surface area contributed by atoms with Gasteiger partial charge < -0.3 is 20.4 Å². The lowest BCUT2D eigenvalue weighted by atomic mass is 10.5. The first-order chi connectivity index (χ1) is 8.24. The summed E-state index contributed by atoms with van der Waals surface area (Å²) in [6.07, 6.45) is 7.28. The number of rotatable bonds is 12. The topological polar surface area (TPSA) is 80.9 Å². The molecule has 5 heteroatoms. The molecule has 0 saturated heterocycles. The molecule has 4 nitrogen and oxygen atoms in total. The van der Waals surface area contributed by atoms with Gasteiger partial charge in [-0.1, -0.05) is 0 Å². The van der Waals surface area contributed by atoms with E-state index >= 15 is 0 Å². The van der Waals surface area contributed by atoms with E-state index in [1.807, 2.05) is 0 Å². The number of aliphatic hydroxyl groups excluding tert-OH is 4. The third-order valence-electron chi connectivity index (χ3n) is 3.16. The summed E-state index contributed by atoms with van der Waals surface area (Å²) in [7, 11) is -1.20. The summed E-state index contributed by atoms with van der Waals surface area (Å²) in [5, 5.41) is 35.9. The van der Waals surface area contributed by atoms with Crippen molar-refractivity contribution in [2.24, 2.45) is 0 Å². The summed E-state index contributed by atoms with van der Waals surface area (Å²) < 4.78 is 0. The monoisotopic (exact) mass is 267 g/mol. The molecule has 0 aromatic carbocycles. The molecule has 0 aliphatic heterocycles. The maximum absolute atomic E-state index is 8.98. The van der Waals surface area contributed by atoms with E-state index in [0.29, 0.717) is 0 Å². The Bertz CT molecular complexity index is 129. The molecule has 0 amide bonds. The molecule has 104 valence electrons. The van der Waals surface area contributed by atoms with Gasteiger partial charge in [-0.15, -0.1) is 0 Å². The maximum atomic E-state index is 8.98. The Labute approximate surface area is 105 Å². The summed E-state index contributed by atoms with van der Waals surface area (Å²) in [6, 6.07) is 0. The van der Waals surface area contributed by atoms with Crippen LogP contribution in [0.1, 0.15) is 25.7 Å². The van der Waals surface area contributed by atoms with Crippen LogP contribution in [0.5, 0.6) is 0 Å². The number of hydrogen-bond donors (Lipinski definition) is 4. The maximum Gasteiger partial charge on any atom is 0.0616 e. The van der Waals surface area contributed by atoms with E-state index in [4.69, 9.17) is 20.4 Å². The van der Waals surface area contributed by atoms with Crippen LogP contribution in [0.15, 0.2) is 0 Å². The van der Waals surface area contributed by atoms with E-state index in [1.165, 1.54) is 0 Å². The first-order valence-corrected chi connectivity index (χ1v) is 9.06. The van der Waals surface area contributed by atoms with Crippen LogP contribution in [0, 0.1) is 0 Å². The average molecular weight is 267 g/mol.